The molecule has 7 heteroatoms. The lowest BCUT2D eigenvalue weighted by Gasteiger charge is -2.33. The monoisotopic (exact) mass is 467 g/mol. The van der Waals surface area contributed by atoms with Crippen LogP contribution >= 0.6 is 0 Å². The fourth-order valence-electron chi connectivity index (χ4n) is 4.06. The van der Waals surface area contributed by atoms with Gasteiger partial charge < -0.3 is 19.7 Å². The summed E-state index contributed by atoms with van der Waals surface area (Å²) in [5.74, 6) is 0.365. The lowest BCUT2D eigenvalue weighted by atomic mass is 10.0. The minimum atomic E-state index is -0.607. The Morgan fingerprint density at radius 2 is 1.71 bits per heavy atom. The van der Waals surface area contributed by atoms with E-state index in [1.54, 1.807) is 12.0 Å². The molecule has 3 rings (SSSR count). The molecule has 2 amide bonds. The number of ether oxygens (including phenoxy) is 2. The van der Waals surface area contributed by atoms with Crippen LogP contribution in [-0.2, 0) is 27.3 Å². The fourth-order valence-corrected chi connectivity index (χ4v) is 4.06. The van der Waals surface area contributed by atoms with E-state index in [1.807, 2.05) is 68.4 Å². The zero-order chi connectivity index (χ0) is 24.3. The van der Waals surface area contributed by atoms with Crippen molar-refractivity contribution >= 4 is 11.8 Å². The van der Waals surface area contributed by atoms with Crippen molar-refractivity contribution < 1.29 is 19.1 Å². The third-order valence-electron chi connectivity index (χ3n) is 6.07. The lowest BCUT2D eigenvalue weighted by molar-refractivity contribution is -0.143. The van der Waals surface area contributed by atoms with Crippen LogP contribution in [0.15, 0.2) is 54.6 Å². The van der Waals surface area contributed by atoms with Gasteiger partial charge in [-0.1, -0.05) is 56.3 Å². The molecule has 1 aliphatic heterocycles. The summed E-state index contributed by atoms with van der Waals surface area (Å²) in [4.78, 5) is 30.8. The molecule has 1 fully saturated rings. The van der Waals surface area contributed by atoms with Crippen LogP contribution in [0.3, 0.4) is 0 Å². The third-order valence-corrected chi connectivity index (χ3v) is 6.07. The van der Waals surface area contributed by atoms with Gasteiger partial charge in [-0.15, -0.1) is 0 Å². The summed E-state index contributed by atoms with van der Waals surface area (Å²) in [6.07, 6.45) is 0.457. The molecule has 1 N–H and O–H groups in total. The molecule has 1 heterocycles. The zero-order valence-corrected chi connectivity index (χ0v) is 20.5. The summed E-state index contributed by atoms with van der Waals surface area (Å²) in [6.45, 7) is 8.61. The third kappa shape index (κ3) is 7.57. The Labute approximate surface area is 203 Å². The lowest BCUT2D eigenvalue weighted by Crippen LogP contribution is -2.52. The topological polar surface area (TPSA) is 71.1 Å². The second-order valence-corrected chi connectivity index (χ2v) is 8.92. The van der Waals surface area contributed by atoms with Crippen molar-refractivity contribution in [3.63, 3.8) is 0 Å². The number of benzene rings is 2. The smallest absolute Gasteiger partial charge is 0.243 e. The maximum atomic E-state index is 13.5. The Kier molecular flexibility index (Phi) is 9.91. The van der Waals surface area contributed by atoms with Crippen molar-refractivity contribution in [3.05, 3.63) is 65.7 Å². The van der Waals surface area contributed by atoms with Crippen LogP contribution in [0.25, 0.3) is 0 Å². The Balaban J connectivity index is 1.79. The molecule has 34 heavy (non-hydrogen) atoms. The molecule has 7 nitrogen and oxygen atoms in total. The van der Waals surface area contributed by atoms with E-state index in [0.29, 0.717) is 19.5 Å². The molecule has 0 aliphatic carbocycles. The summed E-state index contributed by atoms with van der Waals surface area (Å²) in [6, 6.07) is 16.9. The van der Waals surface area contributed by atoms with Gasteiger partial charge in [0.25, 0.3) is 0 Å². The average Bonchev–Trinajstić information content (AvgIpc) is 2.87. The number of rotatable bonds is 11. The van der Waals surface area contributed by atoms with Gasteiger partial charge in [-0.25, -0.2) is 0 Å². The summed E-state index contributed by atoms with van der Waals surface area (Å²) in [7, 11) is 1.63. The van der Waals surface area contributed by atoms with E-state index in [4.69, 9.17) is 9.47 Å². The first-order valence-corrected chi connectivity index (χ1v) is 12.0. The summed E-state index contributed by atoms with van der Waals surface area (Å²) in [5, 5.41) is 3.09. The van der Waals surface area contributed by atoms with E-state index < -0.39 is 6.04 Å². The Bertz CT molecular complexity index is 896. The predicted octanol–water partition coefficient (Wildman–Crippen LogP) is 2.74. The molecule has 0 unspecified atom stereocenters. The molecular formula is C27H37N3O4. The van der Waals surface area contributed by atoms with E-state index >= 15 is 0 Å². The van der Waals surface area contributed by atoms with Gasteiger partial charge in [0.1, 0.15) is 11.8 Å². The van der Waals surface area contributed by atoms with Crippen LogP contribution < -0.4 is 10.1 Å². The fraction of sp³-hybridized carbons (Fsp3) is 0.481. The van der Waals surface area contributed by atoms with Crippen LogP contribution in [0, 0.1) is 5.92 Å². The SMILES string of the molecule is COc1ccc(CN(C(=O)C(C)C)[C@H](Cc2ccccc2)C(=O)NCCN2CCOCC2)cc1. The second kappa shape index (κ2) is 13.1. The van der Waals surface area contributed by atoms with Gasteiger partial charge in [0.2, 0.25) is 11.8 Å². The molecule has 2 aromatic carbocycles. The summed E-state index contributed by atoms with van der Waals surface area (Å²) >= 11 is 0. The molecule has 184 valence electrons. The van der Waals surface area contributed by atoms with Crippen LogP contribution in [0.2, 0.25) is 0 Å². The van der Waals surface area contributed by atoms with E-state index in [9.17, 15) is 9.59 Å². The molecular weight excluding hydrogens is 430 g/mol. The van der Waals surface area contributed by atoms with Gasteiger partial charge in [0, 0.05) is 45.1 Å². The number of carbonyl (C=O) groups excluding carboxylic acids is 2. The van der Waals surface area contributed by atoms with E-state index in [1.165, 1.54) is 0 Å². The highest BCUT2D eigenvalue weighted by Gasteiger charge is 2.31. The number of nitrogens with zero attached hydrogens (tertiary/aromatic N) is 2. The van der Waals surface area contributed by atoms with Gasteiger partial charge in [-0.2, -0.15) is 0 Å². The second-order valence-electron chi connectivity index (χ2n) is 8.92. The quantitative estimate of drug-likeness (QED) is 0.550. The van der Waals surface area contributed by atoms with Gasteiger partial charge >= 0.3 is 0 Å². The Morgan fingerprint density at radius 3 is 2.32 bits per heavy atom. The minimum Gasteiger partial charge on any atom is -0.497 e. The van der Waals surface area contributed by atoms with Crippen molar-refractivity contribution in [3.8, 4) is 5.75 Å². The van der Waals surface area contributed by atoms with Crippen molar-refractivity contribution in [2.75, 3.05) is 46.5 Å². The number of morpholine rings is 1. The molecule has 0 bridgehead atoms. The highest BCUT2D eigenvalue weighted by molar-refractivity contribution is 5.88. The van der Waals surface area contributed by atoms with Gasteiger partial charge in [0.05, 0.1) is 20.3 Å². The number of nitrogens with one attached hydrogen (secondary N) is 1. The first-order chi connectivity index (χ1) is 16.5. The van der Waals surface area contributed by atoms with Gasteiger partial charge in [0.15, 0.2) is 0 Å². The Morgan fingerprint density at radius 1 is 1.03 bits per heavy atom. The molecule has 0 saturated carbocycles. The van der Waals surface area contributed by atoms with Crippen LogP contribution in [0.4, 0.5) is 0 Å². The van der Waals surface area contributed by atoms with Crippen LogP contribution in [-0.4, -0.2) is 74.2 Å². The number of carbonyl (C=O) groups is 2. The van der Waals surface area contributed by atoms with Crippen molar-refractivity contribution in [2.24, 2.45) is 5.92 Å². The maximum absolute atomic E-state index is 13.5. The highest BCUT2D eigenvalue weighted by atomic mass is 16.5. The molecule has 1 atom stereocenters. The molecule has 0 aromatic heterocycles. The summed E-state index contributed by atoms with van der Waals surface area (Å²) in [5.41, 5.74) is 1.97. The predicted molar refractivity (Wildman–Crippen MR) is 133 cm³/mol. The van der Waals surface area contributed by atoms with Gasteiger partial charge in [-0.05, 0) is 23.3 Å². The Hall–Kier alpha value is -2.90. The number of hydrogen-bond donors (Lipinski definition) is 1. The molecule has 1 saturated heterocycles. The van der Waals surface area contributed by atoms with E-state index in [-0.39, 0.29) is 17.7 Å². The molecule has 0 radical (unpaired) electrons. The largest absolute Gasteiger partial charge is 0.497 e. The summed E-state index contributed by atoms with van der Waals surface area (Å²) < 4.78 is 10.7. The number of hydrogen-bond acceptors (Lipinski definition) is 5. The van der Waals surface area contributed by atoms with Crippen LogP contribution in [0.1, 0.15) is 25.0 Å². The molecule has 1 aliphatic rings. The van der Waals surface area contributed by atoms with Crippen molar-refractivity contribution in [1.82, 2.24) is 15.1 Å². The van der Waals surface area contributed by atoms with Crippen LogP contribution in [0.5, 0.6) is 5.75 Å². The normalized spacial score (nSPS) is 15.1. The average molecular weight is 468 g/mol. The minimum absolute atomic E-state index is 0.0416. The highest BCUT2D eigenvalue weighted by Crippen LogP contribution is 2.19. The standard InChI is InChI=1S/C27H37N3O4/c1-21(2)27(32)30(20-23-9-11-24(33-3)12-10-23)25(19-22-7-5-4-6-8-22)26(31)28-13-14-29-15-17-34-18-16-29/h4-12,21,25H,13-20H2,1-3H3,(H,28,31)/t25-/m1/s1. The first-order valence-electron chi connectivity index (χ1n) is 12.0. The van der Waals surface area contributed by atoms with E-state index in [2.05, 4.69) is 10.2 Å². The number of amides is 2. The van der Waals surface area contributed by atoms with Crippen molar-refractivity contribution in [1.29, 1.82) is 0 Å². The maximum Gasteiger partial charge on any atom is 0.243 e. The van der Waals surface area contributed by atoms with Gasteiger partial charge in [-0.3, -0.25) is 14.5 Å². The zero-order valence-electron chi connectivity index (χ0n) is 20.5. The van der Waals surface area contributed by atoms with Crippen molar-refractivity contribution in [2.45, 2.75) is 32.9 Å². The number of methoxy groups -OCH3 is 1. The van der Waals surface area contributed by atoms with E-state index in [0.717, 1.165) is 49.7 Å². The molecule has 2 aromatic rings. The molecule has 0 spiro atoms. The first kappa shape index (κ1) is 25.7.